The first kappa shape index (κ1) is 14.8. The average molecular weight is 267 g/mol. The molecule has 1 aromatic rings. The Morgan fingerprint density at radius 1 is 1.32 bits per heavy atom. The van der Waals surface area contributed by atoms with Crippen molar-refractivity contribution >= 4 is 11.9 Å². The van der Waals surface area contributed by atoms with E-state index in [9.17, 15) is 14.7 Å². The van der Waals surface area contributed by atoms with Crippen molar-refractivity contribution in [3.8, 4) is 11.5 Å². The summed E-state index contributed by atoms with van der Waals surface area (Å²) in [5, 5.41) is 21.1. The van der Waals surface area contributed by atoms with Crippen molar-refractivity contribution in [3.63, 3.8) is 0 Å². The van der Waals surface area contributed by atoms with E-state index < -0.39 is 17.9 Å². The molecule has 3 N–H and O–H groups in total. The van der Waals surface area contributed by atoms with Crippen molar-refractivity contribution in [2.24, 2.45) is 5.92 Å². The third-order valence-electron chi connectivity index (χ3n) is 2.67. The van der Waals surface area contributed by atoms with Gasteiger partial charge in [-0.1, -0.05) is 13.8 Å². The Bertz CT molecular complexity index is 484. The Balaban J connectivity index is 2.91. The number of nitrogens with one attached hydrogen (secondary N) is 1. The fourth-order valence-electron chi connectivity index (χ4n) is 1.56. The predicted molar refractivity (Wildman–Crippen MR) is 68.4 cm³/mol. The summed E-state index contributed by atoms with van der Waals surface area (Å²) in [6.07, 6.45) is 0. The number of aliphatic carboxylic acids is 1. The van der Waals surface area contributed by atoms with Crippen molar-refractivity contribution in [3.05, 3.63) is 23.8 Å². The van der Waals surface area contributed by atoms with Gasteiger partial charge in [0.2, 0.25) is 0 Å². The van der Waals surface area contributed by atoms with E-state index in [0.717, 1.165) is 0 Å². The fraction of sp³-hybridized carbons (Fsp3) is 0.385. The van der Waals surface area contributed by atoms with E-state index in [-0.39, 0.29) is 17.2 Å². The van der Waals surface area contributed by atoms with E-state index >= 15 is 0 Å². The summed E-state index contributed by atoms with van der Waals surface area (Å²) in [5.41, 5.74) is 0.00713. The first-order valence-electron chi connectivity index (χ1n) is 5.77. The molecule has 19 heavy (non-hydrogen) atoms. The van der Waals surface area contributed by atoms with Crippen LogP contribution in [-0.2, 0) is 4.79 Å². The van der Waals surface area contributed by atoms with Crippen LogP contribution in [0.1, 0.15) is 24.2 Å². The minimum atomic E-state index is -1.11. The van der Waals surface area contributed by atoms with Gasteiger partial charge in [-0.25, -0.2) is 4.79 Å². The van der Waals surface area contributed by atoms with E-state index in [1.807, 2.05) is 0 Å². The largest absolute Gasteiger partial charge is 0.507 e. The molecular formula is C13H17NO5. The maximum atomic E-state index is 11.9. The monoisotopic (exact) mass is 267 g/mol. The molecule has 0 heterocycles. The molecule has 0 aliphatic heterocycles. The Kier molecular flexibility index (Phi) is 4.74. The number of carboxylic acid groups (broad SMARTS) is 1. The molecule has 0 aromatic heterocycles. The van der Waals surface area contributed by atoms with Gasteiger partial charge in [0.15, 0.2) is 0 Å². The topological polar surface area (TPSA) is 95.9 Å². The highest BCUT2D eigenvalue weighted by Gasteiger charge is 2.25. The van der Waals surface area contributed by atoms with E-state index in [2.05, 4.69) is 5.32 Å². The molecule has 0 saturated heterocycles. The Morgan fingerprint density at radius 3 is 2.37 bits per heavy atom. The molecule has 1 aromatic carbocycles. The van der Waals surface area contributed by atoms with Crippen molar-refractivity contribution < 1.29 is 24.5 Å². The molecule has 0 aliphatic carbocycles. The van der Waals surface area contributed by atoms with Gasteiger partial charge in [0.1, 0.15) is 17.5 Å². The number of amides is 1. The molecule has 1 rings (SSSR count). The zero-order valence-corrected chi connectivity index (χ0v) is 11.0. The van der Waals surface area contributed by atoms with Gasteiger partial charge in [-0.3, -0.25) is 4.79 Å². The van der Waals surface area contributed by atoms with Crippen molar-refractivity contribution in [2.75, 3.05) is 7.11 Å². The smallest absolute Gasteiger partial charge is 0.326 e. The van der Waals surface area contributed by atoms with Crippen molar-refractivity contribution in [1.29, 1.82) is 0 Å². The van der Waals surface area contributed by atoms with Crippen LogP contribution in [0.4, 0.5) is 0 Å². The molecule has 0 fully saturated rings. The van der Waals surface area contributed by atoms with Crippen molar-refractivity contribution in [1.82, 2.24) is 5.32 Å². The summed E-state index contributed by atoms with van der Waals surface area (Å²) >= 11 is 0. The molecule has 0 spiro atoms. The van der Waals surface area contributed by atoms with Crippen LogP contribution in [0.5, 0.6) is 11.5 Å². The molecule has 0 bridgehead atoms. The maximum Gasteiger partial charge on any atom is 0.326 e. The lowest BCUT2D eigenvalue weighted by Gasteiger charge is -2.18. The second-order valence-electron chi connectivity index (χ2n) is 4.42. The van der Waals surface area contributed by atoms with Gasteiger partial charge in [-0.2, -0.15) is 0 Å². The molecule has 6 nitrogen and oxygen atoms in total. The van der Waals surface area contributed by atoms with Crippen LogP contribution in [0.15, 0.2) is 18.2 Å². The number of carbonyl (C=O) groups excluding carboxylic acids is 1. The molecule has 6 heteroatoms. The lowest BCUT2D eigenvalue weighted by Crippen LogP contribution is -2.44. The van der Waals surface area contributed by atoms with Crippen LogP contribution in [0, 0.1) is 5.92 Å². The second-order valence-corrected chi connectivity index (χ2v) is 4.42. The van der Waals surface area contributed by atoms with Gasteiger partial charge in [0, 0.05) is 6.07 Å². The number of phenolic OH excluding ortho intramolecular Hbond substituents is 1. The number of ether oxygens (including phenoxy) is 1. The predicted octanol–water partition coefficient (Wildman–Crippen LogP) is 1.24. The van der Waals surface area contributed by atoms with Gasteiger partial charge < -0.3 is 20.3 Å². The number of rotatable bonds is 5. The number of phenols is 1. The Morgan fingerprint density at radius 2 is 1.95 bits per heavy atom. The Labute approximate surface area is 111 Å². The van der Waals surface area contributed by atoms with E-state index in [1.165, 1.54) is 25.3 Å². The molecule has 0 unspecified atom stereocenters. The number of hydrogen-bond acceptors (Lipinski definition) is 4. The average Bonchev–Trinajstić information content (AvgIpc) is 2.34. The van der Waals surface area contributed by atoms with Gasteiger partial charge in [-0.05, 0) is 18.1 Å². The van der Waals surface area contributed by atoms with E-state index in [4.69, 9.17) is 9.84 Å². The highest BCUT2D eigenvalue weighted by molar-refractivity contribution is 5.99. The molecular weight excluding hydrogens is 250 g/mol. The lowest BCUT2D eigenvalue weighted by atomic mass is 10.0. The highest BCUT2D eigenvalue weighted by atomic mass is 16.5. The quantitative estimate of drug-likeness (QED) is 0.746. The second kappa shape index (κ2) is 6.08. The molecule has 0 aliphatic rings. The zero-order chi connectivity index (χ0) is 14.6. The van der Waals surface area contributed by atoms with E-state index in [1.54, 1.807) is 13.8 Å². The number of carbonyl (C=O) groups is 2. The number of aromatic hydroxyl groups is 1. The van der Waals surface area contributed by atoms with Crippen LogP contribution in [0.3, 0.4) is 0 Å². The van der Waals surface area contributed by atoms with Gasteiger partial charge in [0.25, 0.3) is 5.91 Å². The zero-order valence-electron chi connectivity index (χ0n) is 11.0. The Hall–Kier alpha value is -2.24. The standard InChI is InChI=1S/C13H17NO5/c1-7(2)11(13(17)18)14-12(16)9-5-4-8(19-3)6-10(9)15/h4-7,11,15H,1-3H3,(H,14,16)(H,17,18)/t11-/m1/s1. The van der Waals surface area contributed by atoms with Crippen LogP contribution >= 0.6 is 0 Å². The number of benzene rings is 1. The summed E-state index contributed by atoms with van der Waals surface area (Å²) in [7, 11) is 1.44. The summed E-state index contributed by atoms with van der Waals surface area (Å²) in [6.45, 7) is 3.37. The lowest BCUT2D eigenvalue weighted by molar-refractivity contribution is -0.140. The number of carboxylic acids is 1. The summed E-state index contributed by atoms with van der Waals surface area (Å²) in [4.78, 5) is 22.9. The molecule has 1 atom stereocenters. The summed E-state index contributed by atoms with van der Waals surface area (Å²) in [5.74, 6) is -1.86. The highest BCUT2D eigenvalue weighted by Crippen LogP contribution is 2.23. The summed E-state index contributed by atoms with van der Waals surface area (Å²) < 4.78 is 4.90. The number of hydrogen-bond donors (Lipinski definition) is 3. The minimum absolute atomic E-state index is 0.00713. The van der Waals surface area contributed by atoms with Gasteiger partial charge in [0.05, 0.1) is 12.7 Å². The minimum Gasteiger partial charge on any atom is -0.507 e. The van der Waals surface area contributed by atoms with Crippen LogP contribution in [0.25, 0.3) is 0 Å². The molecule has 0 radical (unpaired) electrons. The van der Waals surface area contributed by atoms with E-state index in [0.29, 0.717) is 5.75 Å². The number of methoxy groups -OCH3 is 1. The van der Waals surface area contributed by atoms with Crippen LogP contribution < -0.4 is 10.1 Å². The fourth-order valence-corrected chi connectivity index (χ4v) is 1.56. The van der Waals surface area contributed by atoms with Gasteiger partial charge in [-0.15, -0.1) is 0 Å². The van der Waals surface area contributed by atoms with Crippen LogP contribution in [0.2, 0.25) is 0 Å². The third kappa shape index (κ3) is 3.61. The van der Waals surface area contributed by atoms with Crippen molar-refractivity contribution in [2.45, 2.75) is 19.9 Å². The maximum absolute atomic E-state index is 11.9. The van der Waals surface area contributed by atoms with Gasteiger partial charge >= 0.3 is 5.97 Å². The van der Waals surface area contributed by atoms with Crippen LogP contribution in [-0.4, -0.2) is 35.2 Å². The molecule has 0 saturated carbocycles. The molecule has 1 amide bonds. The summed E-state index contributed by atoms with van der Waals surface area (Å²) in [6, 6.07) is 3.18. The first-order chi connectivity index (χ1) is 8.86. The normalized spacial score (nSPS) is 12.0. The first-order valence-corrected chi connectivity index (χ1v) is 5.77. The SMILES string of the molecule is COc1ccc(C(=O)N[C@@H](C(=O)O)C(C)C)c(O)c1. The third-order valence-corrected chi connectivity index (χ3v) is 2.67. The molecule has 104 valence electrons.